The molecule has 1 aromatic heterocycles. The van der Waals surface area contributed by atoms with Crippen molar-refractivity contribution in [1.82, 2.24) is 9.97 Å². The van der Waals surface area contributed by atoms with Gasteiger partial charge in [-0.3, -0.25) is 0 Å². The second-order valence-corrected chi connectivity index (χ2v) is 4.93. The number of benzene rings is 1. The monoisotopic (exact) mass is 329 g/mol. The van der Waals surface area contributed by atoms with Gasteiger partial charge in [0.15, 0.2) is 11.5 Å². The smallest absolute Gasteiger partial charge is 0.387 e. The number of hydrogen-bond donors (Lipinski definition) is 2. The zero-order chi connectivity index (χ0) is 16.3. The van der Waals surface area contributed by atoms with Crippen LogP contribution in [0.1, 0.15) is 17.1 Å². The van der Waals surface area contributed by atoms with Gasteiger partial charge in [-0.2, -0.15) is 8.78 Å². The molecule has 22 heavy (non-hydrogen) atoms. The van der Waals surface area contributed by atoms with Crippen LogP contribution >= 0.6 is 11.6 Å². The summed E-state index contributed by atoms with van der Waals surface area (Å²) in [5, 5.41) is 12.9. The Kier molecular flexibility index (Phi) is 4.97. The third kappa shape index (κ3) is 3.94. The number of ether oxygens (including phenoxy) is 1. The van der Waals surface area contributed by atoms with Crippen molar-refractivity contribution < 1.29 is 18.6 Å². The Morgan fingerprint density at radius 2 is 2.05 bits per heavy atom. The number of aromatic nitrogens is 2. The van der Waals surface area contributed by atoms with Crippen LogP contribution in [0.25, 0.3) is 0 Å². The van der Waals surface area contributed by atoms with Gasteiger partial charge in [0.05, 0.1) is 5.69 Å². The largest absolute Gasteiger partial charge is 0.504 e. The number of nitrogens with zero attached hydrogens (tertiary/aromatic N) is 2. The first kappa shape index (κ1) is 16.2. The number of phenols is 1. The zero-order valence-corrected chi connectivity index (χ0v) is 12.7. The van der Waals surface area contributed by atoms with Crippen LogP contribution in [0, 0.1) is 13.8 Å². The van der Waals surface area contributed by atoms with E-state index in [0.29, 0.717) is 27.9 Å². The molecule has 2 N–H and O–H groups in total. The van der Waals surface area contributed by atoms with E-state index in [2.05, 4.69) is 20.0 Å². The van der Waals surface area contributed by atoms with Gasteiger partial charge in [-0.05, 0) is 31.5 Å². The minimum Gasteiger partial charge on any atom is -0.504 e. The molecule has 0 aliphatic carbocycles. The van der Waals surface area contributed by atoms with Crippen molar-refractivity contribution in [3.63, 3.8) is 0 Å². The molecule has 1 aromatic carbocycles. The fourth-order valence-corrected chi connectivity index (χ4v) is 2.01. The maximum atomic E-state index is 12.2. The standard InChI is InChI=1S/C14H14ClF2N3O2/c1-7-12(15)13(20-8(2)19-7)18-6-9-3-4-10(21)11(5-9)22-14(16)17/h3-5,14,21H,6H2,1-2H3,(H,18,19,20). The molecule has 5 nitrogen and oxygen atoms in total. The minimum atomic E-state index is -3.00. The van der Waals surface area contributed by atoms with Crippen LogP contribution in [0.5, 0.6) is 11.5 Å². The third-order valence-corrected chi connectivity index (χ3v) is 3.28. The molecule has 0 unspecified atom stereocenters. The molecule has 0 saturated heterocycles. The van der Waals surface area contributed by atoms with E-state index in [0.717, 1.165) is 0 Å². The van der Waals surface area contributed by atoms with Crippen LogP contribution in [0.15, 0.2) is 18.2 Å². The van der Waals surface area contributed by atoms with Crippen molar-refractivity contribution in [2.24, 2.45) is 0 Å². The van der Waals surface area contributed by atoms with Crippen LogP contribution < -0.4 is 10.1 Å². The Balaban J connectivity index is 2.15. The van der Waals surface area contributed by atoms with E-state index in [-0.39, 0.29) is 18.0 Å². The quantitative estimate of drug-likeness (QED) is 0.876. The lowest BCUT2D eigenvalue weighted by Gasteiger charge is -2.12. The highest BCUT2D eigenvalue weighted by Crippen LogP contribution is 2.29. The van der Waals surface area contributed by atoms with Crippen molar-refractivity contribution in [1.29, 1.82) is 0 Å². The molecule has 118 valence electrons. The summed E-state index contributed by atoms with van der Waals surface area (Å²) in [6.45, 7) is 0.770. The van der Waals surface area contributed by atoms with Crippen LogP contribution in [-0.2, 0) is 6.54 Å². The average Bonchev–Trinajstić information content (AvgIpc) is 2.44. The molecular weight excluding hydrogens is 316 g/mol. The molecule has 0 aliphatic rings. The lowest BCUT2D eigenvalue weighted by atomic mass is 10.2. The van der Waals surface area contributed by atoms with Gasteiger partial charge in [-0.15, -0.1) is 0 Å². The topological polar surface area (TPSA) is 67.3 Å². The fourth-order valence-electron chi connectivity index (χ4n) is 1.86. The first-order valence-corrected chi connectivity index (χ1v) is 6.76. The number of aromatic hydroxyl groups is 1. The molecule has 0 atom stereocenters. The predicted octanol–water partition coefficient (Wildman–Crippen LogP) is 3.67. The highest BCUT2D eigenvalue weighted by molar-refractivity contribution is 6.33. The Hall–Kier alpha value is -2.15. The van der Waals surface area contributed by atoms with E-state index >= 15 is 0 Å². The Morgan fingerprint density at radius 1 is 1.32 bits per heavy atom. The van der Waals surface area contributed by atoms with E-state index in [1.54, 1.807) is 19.9 Å². The number of nitrogens with one attached hydrogen (secondary N) is 1. The van der Waals surface area contributed by atoms with Crippen LogP contribution in [-0.4, -0.2) is 21.7 Å². The SMILES string of the molecule is Cc1nc(C)c(Cl)c(NCc2ccc(O)c(OC(F)F)c2)n1. The number of hydrogen-bond acceptors (Lipinski definition) is 5. The third-order valence-electron chi connectivity index (χ3n) is 2.83. The van der Waals surface area contributed by atoms with Gasteiger partial charge in [0.25, 0.3) is 0 Å². The first-order chi connectivity index (χ1) is 10.4. The molecule has 8 heteroatoms. The molecule has 0 saturated carbocycles. The summed E-state index contributed by atoms with van der Waals surface area (Å²) < 4.78 is 28.7. The number of halogens is 3. The summed E-state index contributed by atoms with van der Waals surface area (Å²) >= 11 is 6.11. The van der Waals surface area contributed by atoms with E-state index in [4.69, 9.17) is 11.6 Å². The van der Waals surface area contributed by atoms with Gasteiger partial charge in [0, 0.05) is 6.54 Å². The number of alkyl halides is 2. The summed E-state index contributed by atoms with van der Waals surface area (Å²) in [5.41, 5.74) is 1.27. The Bertz CT molecular complexity index is 683. The van der Waals surface area contributed by atoms with E-state index < -0.39 is 6.61 Å². The number of phenolic OH excluding ortho intramolecular Hbond substituents is 1. The second kappa shape index (κ2) is 6.74. The maximum absolute atomic E-state index is 12.2. The molecule has 0 amide bonds. The molecule has 2 aromatic rings. The van der Waals surface area contributed by atoms with Crippen molar-refractivity contribution in [2.45, 2.75) is 27.0 Å². The molecule has 0 spiro atoms. The number of rotatable bonds is 5. The van der Waals surface area contributed by atoms with Gasteiger partial charge >= 0.3 is 6.61 Å². The van der Waals surface area contributed by atoms with E-state index in [1.807, 2.05) is 0 Å². The Labute approximate surface area is 130 Å². The summed E-state index contributed by atoms with van der Waals surface area (Å²) in [7, 11) is 0. The number of aryl methyl sites for hydroxylation is 2. The highest BCUT2D eigenvalue weighted by atomic mass is 35.5. The lowest BCUT2D eigenvalue weighted by molar-refractivity contribution is -0.0512. The molecule has 1 heterocycles. The Morgan fingerprint density at radius 3 is 2.73 bits per heavy atom. The van der Waals surface area contributed by atoms with Crippen LogP contribution in [0.2, 0.25) is 5.02 Å². The predicted molar refractivity (Wildman–Crippen MR) is 78.6 cm³/mol. The molecule has 0 fully saturated rings. The van der Waals surface area contributed by atoms with Crippen molar-refractivity contribution in [3.8, 4) is 11.5 Å². The minimum absolute atomic E-state index is 0.273. The van der Waals surface area contributed by atoms with Gasteiger partial charge in [0.2, 0.25) is 0 Å². The van der Waals surface area contributed by atoms with Crippen molar-refractivity contribution >= 4 is 17.4 Å². The molecular formula is C14H14ClF2N3O2. The van der Waals surface area contributed by atoms with Gasteiger partial charge < -0.3 is 15.2 Å². The van der Waals surface area contributed by atoms with E-state index in [9.17, 15) is 13.9 Å². The molecule has 2 rings (SSSR count). The highest BCUT2D eigenvalue weighted by Gasteiger charge is 2.11. The molecule has 0 aliphatic heterocycles. The first-order valence-electron chi connectivity index (χ1n) is 6.38. The second-order valence-electron chi connectivity index (χ2n) is 4.55. The summed E-state index contributed by atoms with van der Waals surface area (Å²) in [6.07, 6.45) is 0. The summed E-state index contributed by atoms with van der Waals surface area (Å²) in [4.78, 5) is 8.31. The fraction of sp³-hybridized carbons (Fsp3) is 0.286. The van der Waals surface area contributed by atoms with Gasteiger partial charge in [-0.25, -0.2) is 9.97 Å². The summed E-state index contributed by atoms with van der Waals surface area (Å²) in [6, 6.07) is 4.19. The molecule has 0 bridgehead atoms. The van der Waals surface area contributed by atoms with Crippen molar-refractivity contribution in [3.05, 3.63) is 40.3 Å². The molecule has 0 radical (unpaired) electrons. The average molecular weight is 330 g/mol. The van der Waals surface area contributed by atoms with Crippen molar-refractivity contribution in [2.75, 3.05) is 5.32 Å². The zero-order valence-electron chi connectivity index (χ0n) is 11.9. The van der Waals surface area contributed by atoms with E-state index in [1.165, 1.54) is 12.1 Å². The number of anilines is 1. The summed E-state index contributed by atoms with van der Waals surface area (Å²) in [5.74, 6) is 0.388. The maximum Gasteiger partial charge on any atom is 0.387 e. The normalized spacial score (nSPS) is 10.8. The lowest BCUT2D eigenvalue weighted by Crippen LogP contribution is -2.06. The van der Waals surface area contributed by atoms with Crippen LogP contribution in [0.3, 0.4) is 0 Å². The van der Waals surface area contributed by atoms with Crippen LogP contribution in [0.4, 0.5) is 14.6 Å². The van der Waals surface area contributed by atoms with Gasteiger partial charge in [-0.1, -0.05) is 17.7 Å². The van der Waals surface area contributed by atoms with Gasteiger partial charge in [0.1, 0.15) is 16.7 Å².